The molecule has 0 atom stereocenters. The topological polar surface area (TPSA) is 59.2 Å². The molecule has 0 aliphatic carbocycles. The number of nitrogens with one attached hydrogen (secondary N) is 1. The Morgan fingerprint density at radius 1 is 1.56 bits per heavy atom. The highest BCUT2D eigenvalue weighted by molar-refractivity contribution is 6.17. The molecule has 100 valence electrons. The van der Waals surface area contributed by atoms with Crippen LogP contribution < -0.4 is 5.56 Å². The van der Waals surface area contributed by atoms with Crippen LogP contribution in [0.1, 0.15) is 30.2 Å². The van der Waals surface area contributed by atoms with Crippen molar-refractivity contribution in [3.05, 3.63) is 33.2 Å². The van der Waals surface area contributed by atoms with Gasteiger partial charge in [-0.2, -0.15) is 0 Å². The lowest BCUT2D eigenvalue weighted by atomic mass is 10.1. The lowest BCUT2D eigenvalue weighted by Gasteiger charge is -2.08. The summed E-state index contributed by atoms with van der Waals surface area (Å²) in [5, 5.41) is 0. The molecule has 0 aliphatic rings. The Labute approximate surface area is 107 Å². The number of halogens is 3. The average molecular weight is 280 g/mol. The average Bonchev–Trinajstić information content (AvgIpc) is 2.31. The number of aromatic amines is 1. The number of alkyl halides is 3. The summed E-state index contributed by atoms with van der Waals surface area (Å²) in [6, 6.07) is 1.09. The van der Waals surface area contributed by atoms with Gasteiger partial charge in [0, 0.05) is 11.4 Å². The van der Waals surface area contributed by atoms with Gasteiger partial charge < -0.3 is 9.72 Å². The van der Waals surface area contributed by atoms with E-state index in [1.807, 2.05) is 4.98 Å². The molecule has 1 heterocycles. The Bertz CT molecular complexity index is 488. The number of esters is 1. The zero-order chi connectivity index (χ0) is 13.7. The summed E-state index contributed by atoms with van der Waals surface area (Å²) in [7, 11) is 0. The van der Waals surface area contributed by atoms with Gasteiger partial charge in [-0.15, -0.1) is 11.6 Å². The van der Waals surface area contributed by atoms with Crippen LogP contribution in [-0.2, 0) is 21.8 Å². The Hall–Kier alpha value is -1.43. The fraction of sp³-hybridized carbons (Fsp3) is 0.455. The predicted octanol–water partition coefficient (Wildman–Crippen LogP) is 2.16. The largest absolute Gasteiger partial charge is 0.466 e. The normalized spacial score (nSPS) is 10.7. The van der Waals surface area contributed by atoms with Gasteiger partial charge in [-0.3, -0.25) is 9.59 Å². The van der Waals surface area contributed by atoms with E-state index in [2.05, 4.69) is 0 Å². The van der Waals surface area contributed by atoms with Gasteiger partial charge >= 0.3 is 5.97 Å². The molecule has 0 aromatic carbocycles. The lowest BCUT2D eigenvalue weighted by molar-refractivity contribution is -0.142. The third-order valence-electron chi connectivity index (χ3n) is 2.25. The van der Waals surface area contributed by atoms with Gasteiger partial charge in [0.15, 0.2) is 0 Å². The van der Waals surface area contributed by atoms with Crippen molar-refractivity contribution in [2.45, 2.75) is 25.7 Å². The van der Waals surface area contributed by atoms with Crippen LogP contribution in [0.5, 0.6) is 0 Å². The number of rotatable bonds is 5. The number of hydrogen-bond acceptors (Lipinski definition) is 3. The maximum absolute atomic E-state index is 12.5. The minimum absolute atomic E-state index is 0.0628. The van der Waals surface area contributed by atoms with Gasteiger partial charge in [0.2, 0.25) is 0 Å². The first-order chi connectivity index (χ1) is 8.49. The van der Waals surface area contributed by atoms with Crippen LogP contribution in [-0.4, -0.2) is 17.6 Å². The van der Waals surface area contributed by atoms with Crippen LogP contribution in [0.25, 0.3) is 0 Å². The van der Waals surface area contributed by atoms with Gasteiger partial charge in [-0.25, -0.2) is 8.78 Å². The molecule has 0 amide bonds. The molecule has 0 fully saturated rings. The van der Waals surface area contributed by atoms with E-state index in [1.54, 1.807) is 6.92 Å². The van der Waals surface area contributed by atoms with E-state index in [9.17, 15) is 18.4 Å². The summed E-state index contributed by atoms with van der Waals surface area (Å²) in [5.41, 5.74) is -0.976. The van der Waals surface area contributed by atoms with Crippen molar-refractivity contribution in [3.8, 4) is 0 Å². The van der Waals surface area contributed by atoms with Gasteiger partial charge in [0.25, 0.3) is 12.0 Å². The van der Waals surface area contributed by atoms with Crippen molar-refractivity contribution in [1.82, 2.24) is 4.98 Å². The molecule has 1 aromatic heterocycles. The Morgan fingerprint density at radius 3 is 2.72 bits per heavy atom. The van der Waals surface area contributed by atoms with Gasteiger partial charge in [0.05, 0.1) is 18.7 Å². The van der Waals surface area contributed by atoms with E-state index in [1.165, 1.54) is 0 Å². The van der Waals surface area contributed by atoms with Crippen LogP contribution in [0.3, 0.4) is 0 Å². The quantitative estimate of drug-likeness (QED) is 0.664. The molecule has 0 aliphatic heterocycles. The predicted molar refractivity (Wildman–Crippen MR) is 61.9 cm³/mol. The van der Waals surface area contributed by atoms with Crippen molar-refractivity contribution in [1.29, 1.82) is 0 Å². The number of carbonyl (C=O) groups is 1. The van der Waals surface area contributed by atoms with Gasteiger partial charge in [-0.05, 0) is 18.6 Å². The highest BCUT2D eigenvalue weighted by Crippen LogP contribution is 2.18. The summed E-state index contributed by atoms with van der Waals surface area (Å²) in [4.78, 5) is 24.9. The summed E-state index contributed by atoms with van der Waals surface area (Å²) in [6.45, 7) is 1.81. The minimum Gasteiger partial charge on any atom is -0.466 e. The SMILES string of the molecule is CCOC(=O)Cc1c(CCl)cc(C(F)F)[nH]c1=O. The molecule has 0 bridgehead atoms. The fourth-order valence-electron chi connectivity index (χ4n) is 1.45. The number of pyridine rings is 1. The Balaban J connectivity index is 3.11. The van der Waals surface area contributed by atoms with Crippen LogP contribution in [0, 0.1) is 0 Å². The number of carbonyl (C=O) groups excluding carboxylic acids is 1. The van der Waals surface area contributed by atoms with Crippen molar-refractivity contribution in [3.63, 3.8) is 0 Å². The van der Waals surface area contributed by atoms with Crippen molar-refractivity contribution >= 4 is 17.6 Å². The smallest absolute Gasteiger partial charge is 0.310 e. The van der Waals surface area contributed by atoms with Crippen molar-refractivity contribution in [2.24, 2.45) is 0 Å². The standard InChI is InChI=1S/C11H12ClF2NO3/c1-2-18-9(16)4-7-6(5-12)3-8(10(13)14)15-11(7)17/h3,10H,2,4-5H2,1H3,(H,15,17). The zero-order valence-corrected chi connectivity index (χ0v) is 10.4. The van der Waals surface area contributed by atoms with E-state index < -0.39 is 23.6 Å². The zero-order valence-electron chi connectivity index (χ0n) is 9.63. The highest BCUT2D eigenvalue weighted by atomic mass is 35.5. The molecule has 0 saturated carbocycles. The molecule has 7 heteroatoms. The van der Waals surface area contributed by atoms with E-state index in [-0.39, 0.29) is 30.0 Å². The van der Waals surface area contributed by atoms with E-state index >= 15 is 0 Å². The molecular formula is C11H12ClF2NO3. The lowest BCUT2D eigenvalue weighted by Crippen LogP contribution is -2.21. The summed E-state index contributed by atoms with van der Waals surface area (Å²) in [5.74, 6) is -0.725. The summed E-state index contributed by atoms with van der Waals surface area (Å²) in [6.07, 6.45) is -3.08. The second kappa shape index (κ2) is 6.49. The number of H-pyrrole nitrogens is 1. The third kappa shape index (κ3) is 3.53. The first kappa shape index (κ1) is 14.6. The molecule has 0 spiro atoms. The fourth-order valence-corrected chi connectivity index (χ4v) is 1.69. The Kier molecular flexibility index (Phi) is 5.27. The molecule has 1 aromatic rings. The summed E-state index contributed by atoms with van der Waals surface area (Å²) >= 11 is 5.59. The molecule has 18 heavy (non-hydrogen) atoms. The van der Waals surface area contributed by atoms with E-state index in [0.717, 1.165) is 6.07 Å². The van der Waals surface area contributed by atoms with Crippen molar-refractivity contribution in [2.75, 3.05) is 6.61 Å². The van der Waals surface area contributed by atoms with E-state index in [4.69, 9.17) is 16.3 Å². The highest BCUT2D eigenvalue weighted by Gasteiger charge is 2.17. The molecule has 0 radical (unpaired) electrons. The number of aromatic nitrogens is 1. The van der Waals surface area contributed by atoms with Crippen LogP contribution >= 0.6 is 11.6 Å². The maximum atomic E-state index is 12.5. The van der Waals surface area contributed by atoms with Gasteiger partial charge in [0.1, 0.15) is 0 Å². The second-order valence-electron chi connectivity index (χ2n) is 3.47. The van der Waals surface area contributed by atoms with Crippen molar-refractivity contribution < 1.29 is 18.3 Å². The third-order valence-corrected chi connectivity index (χ3v) is 2.54. The first-order valence-corrected chi connectivity index (χ1v) is 5.77. The minimum atomic E-state index is -2.80. The molecule has 1 N–H and O–H groups in total. The maximum Gasteiger partial charge on any atom is 0.310 e. The molecule has 1 rings (SSSR count). The van der Waals surface area contributed by atoms with Crippen LogP contribution in [0.15, 0.2) is 10.9 Å². The molecular weight excluding hydrogens is 268 g/mol. The van der Waals surface area contributed by atoms with Crippen LogP contribution in [0.4, 0.5) is 8.78 Å². The Morgan fingerprint density at radius 2 is 2.22 bits per heavy atom. The number of ether oxygens (including phenoxy) is 1. The monoisotopic (exact) mass is 279 g/mol. The molecule has 4 nitrogen and oxygen atoms in total. The number of hydrogen-bond donors (Lipinski definition) is 1. The van der Waals surface area contributed by atoms with Gasteiger partial charge in [-0.1, -0.05) is 0 Å². The van der Waals surface area contributed by atoms with E-state index in [0.29, 0.717) is 0 Å². The molecule has 0 unspecified atom stereocenters. The van der Waals surface area contributed by atoms with Crippen LogP contribution in [0.2, 0.25) is 0 Å². The first-order valence-electron chi connectivity index (χ1n) is 5.24. The summed E-state index contributed by atoms with van der Waals surface area (Å²) < 4.78 is 29.6. The molecule has 0 saturated heterocycles. The second-order valence-corrected chi connectivity index (χ2v) is 3.74.